The molecule has 0 fully saturated rings. The molecule has 0 spiro atoms. The first kappa shape index (κ1) is 13.6. The van der Waals surface area contributed by atoms with Crippen LogP contribution in [0.4, 0.5) is 0 Å². The lowest BCUT2D eigenvalue weighted by atomic mass is 10.1. The molecule has 0 aliphatic rings. The minimum absolute atomic E-state index is 0.181. The van der Waals surface area contributed by atoms with Crippen LogP contribution >= 0.6 is 0 Å². The van der Waals surface area contributed by atoms with Gasteiger partial charge in [0.25, 0.3) is 0 Å². The molecule has 0 aromatic carbocycles. The summed E-state index contributed by atoms with van der Waals surface area (Å²) in [5.74, 6) is 0. The fourth-order valence-corrected chi connectivity index (χ4v) is 1.28. The first-order valence-electron chi connectivity index (χ1n) is 5.18. The van der Waals surface area contributed by atoms with E-state index in [2.05, 4.69) is 0 Å². The van der Waals surface area contributed by atoms with Crippen LogP contribution in [0, 0.1) is 0 Å². The molecule has 0 bridgehead atoms. The third kappa shape index (κ3) is 7.06. The van der Waals surface area contributed by atoms with Gasteiger partial charge in [-0.3, -0.25) is 0 Å². The van der Waals surface area contributed by atoms with Crippen molar-refractivity contribution >= 4 is 0 Å². The SMILES string of the molecule is CCOC(C/C(C)=C/C(C)O)OCC. The molecule has 0 saturated heterocycles. The lowest BCUT2D eigenvalue weighted by Gasteiger charge is -2.17. The summed E-state index contributed by atoms with van der Waals surface area (Å²) in [6.45, 7) is 8.89. The summed E-state index contributed by atoms with van der Waals surface area (Å²) in [7, 11) is 0. The number of hydrogen-bond acceptors (Lipinski definition) is 3. The molecule has 1 N–H and O–H groups in total. The Bertz CT molecular complexity index is 158. The molecule has 0 radical (unpaired) electrons. The number of aliphatic hydroxyl groups is 1. The van der Waals surface area contributed by atoms with E-state index < -0.39 is 6.10 Å². The van der Waals surface area contributed by atoms with Gasteiger partial charge in [0.1, 0.15) is 0 Å². The van der Waals surface area contributed by atoms with E-state index in [0.29, 0.717) is 19.6 Å². The molecular formula is C11H22O3. The molecule has 0 aliphatic heterocycles. The maximum absolute atomic E-state index is 9.14. The van der Waals surface area contributed by atoms with Gasteiger partial charge >= 0.3 is 0 Å². The van der Waals surface area contributed by atoms with Gasteiger partial charge in [-0.1, -0.05) is 11.6 Å². The molecule has 0 aromatic heterocycles. The van der Waals surface area contributed by atoms with Gasteiger partial charge in [-0.15, -0.1) is 0 Å². The van der Waals surface area contributed by atoms with Crippen molar-refractivity contribution in [1.29, 1.82) is 0 Å². The van der Waals surface area contributed by atoms with Crippen LogP contribution in [-0.2, 0) is 9.47 Å². The summed E-state index contributed by atoms with van der Waals surface area (Å²) in [6, 6.07) is 0. The first-order valence-corrected chi connectivity index (χ1v) is 5.18. The molecule has 1 unspecified atom stereocenters. The van der Waals surface area contributed by atoms with E-state index in [1.807, 2.05) is 26.8 Å². The maximum atomic E-state index is 9.14. The fraction of sp³-hybridized carbons (Fsp3) is 0.818. The van der Waals surface area contributed by atoms with Crippen molar-refractivity contribution in [3.05, 3.63) is 11.6 Å². The number of rotatable bonds is 7. The predicted octanol–water partition coefficient (Wildman–Crippen LogP) is 2.10. The van der Waals surface area contributed by atoms with Crippen LogP contribution in [0.5, 0.6) is 0 Å². The van der Waals surface area contributed by atoms with E-state index in [-0.39, 0.29) is 6.29 Å². The highest BCUT2D eigenvalue weighted by atomic mass is 16.7. The molecule has 84 valence electrons. The zero-order valence-corrected chi connectivity index (χ0v) is 9.62. The summed E-state index contributed by atoms with van der Waals surface area (Å²) in [4.78, 5) is 0. The van der Waals surface area contributed by atoms with E-state index in [0.717, 1.165) is 5.57 Å². The predicted molar refractivity (Wildman–Crippen MR) is 57.1 cm³/mol. The van der Waals surface area contributed by atoms with Crippen molar-refractivity contribution < 1.29 is 14.6 Å². The second kappa shape index (κ2) is 7.97. The standard InChI is InChI=1S/C11H22O3/c1-5-13-11(14-6-2)8-9(3)7-10(4)12/h7,10-12H,5-6,8H2,1-4H3/b9-7+. The Hall–Kier alpha value is -0.380. The van der Waals surface area contributed by atoms with Crippen LogP contribution in [-0.4, -0.2) is 30.7 Å². The summed E-state index contributed by atoms with van der Waals surface area (Å²) < 4.78 is 10.8. The van der Waals surface area contributed by atoms with Crippen LogP contribution in [0.25, 0.3) is 0 Å². The second-order valence-electron chi connectivity index (χ2n) is 3.30. The minimum atomic E-state index is -0.404. The maximum Gasteiger partial charge on any atom is 0.161 e. The summed E-state index contributed by atoms with van der Waals surface area (Å²) in [5, 5.41) is 9.14. The summed E-state index contributed by atoms with van der Waals surface area (Å²) in [6.07, 6.45) is 1.94. The Labute approximate surface area is 86.7 Å². The topological polar surface area (TPSA) is 38.7 Å². The third-order valence-corrected chi connectivity index (χ3v) is 1.72. The Morgan fingerprint density at radius 1 is 1.29 bits per heavy atom. The van der Waals surface area contributed by atoms with Crippen LogP contribution in [0.15, 0.2) is 11.6 Å². The molecule has 0 heterocycles. The average Bonchev–Trinajstić information content (AvgIpc) is 2.03. The molecule has 3 nitrogen and oxygen atoms in total. The smallest absolute Gasteiger partial charge is 0.161 e. The van der Waals surface area contributed by atoms with Crippen LogP contribution < -0.4 is 0 Å². The zero-order chi connectivity index (χ0) is 11.0. The van der Waals surface area contributed by atoms with Crippen molar-refractivity contribution in [2.75, 3.05) is 13.2 Å². The zero-order valence-electron chi connectivity index (χ0n) is 9.62. The Morgan fingerprint density at radius 2 is 1.79 bits per heavy atom. The highest BCUT2D eigenvalue weighted by Gasteiger charge is 2.08. The summed E-state index contributed by atoms with van der Waals surface area (Å²) >= 11 is 0. The molecule has 14 heavy (non-hydrogen) atoms. The van der Waals surface area contributed by atoms with Gasteiger partial charge in [-0.05, 0) is 27.7 Å². The molecule has 0 saturated carbocycles. The van der Waals surface area contributed by atoms with Gasteiger partial charge in [0, 0.05) is 19.6 Å². The van der Waals surface area contributed by atoms with E-state index in [9.17, 15) is 0 Å². The number of ether oxygens (including phenoxy) is 2. The second-order valence-corrected chi connectivity index (χ2v) is 3.30. The van der Waals surface area contributed by atoms with Crippen molar-refractivity contribution in [2.45, 2.75) is 46.5 Å². The van der Waals surface area contributed by atoms with Gasteiger partial charge in [0.2, 0.25) is 0 Å². The van der Waals surface area contributed by atoms with E-state index in [1.165, 1.54) is 0 Å². The van der Waals surface area contributed by atoms with E-state index in [1.54, 1.807) is 6.92 Å². The Balaban J connectivity index is 4.00. The van der Waals surface area contributed by atoms with Crippen LogP contribution in [0.1, 0.15) is 34.1 Å². The fourth-order valence-electron chi connectivity index (χ4n) is 1.28. The van der Waals surface area contributed by atoms with Gasteiger partial charge in [-0.2, -0.15) is 0 Å². The minimum Gasteiger partial charge on any atom is -0.389 e. The van der Waals surface area contributed by atoms with E-state index in [4.69, 9.17) is 14.6 Å². The van der Waals surface area contributed by atoms with Crippen LogP contribution in [0.3, 0.4) is 0 Å². The molecule has 0 aliphatic carbocycles. The molecule has 0 aromatic rings. The summed E-state index contributed by atoms with van der Waals surface area (Å²) in [5.41, 5.74) is 1.09. The molecular weight excluding hydrogens is 180 g/mol. The number of aliphatic hydroxyl groups excluding tert-OH is 1. The quantitative estimate of drug-likeness (QED) is 0.507. The highest BCUT2D eigenvalue weighted by molar-refractivity contribution is 5.01. The van der Waals surface area contributed by atoms with Crippen molar-refractivity contribution in [3.8, 4) is 0 Å². The van der Waals surface area contributed by atoms with Crippen molar-refractivity contribution in [3.63, 3.8) is 0 Å². The van der Waals surface area contributed by atoms with Gasteiger partial charge in [0.15, 0.2) is 6.29 Å². The van der Waals surface area contributed by atoms with Gasteiger partial charge < -0.3 is 14.6 Å². The van der Waals surface area contributed by atoms with E-state index >= 15 is 0 Å². The Kier molecular flexibility index (Phi) is 7.76. The lowest BCUT2D eigenvalue weighted by molar-refractivity contribution is -0.134. The van der Waals surface area contributed by atoms with Gasteiger partial charge in [0.05, 0.1) is 6.10 Å². The monoisotopic (exact) mass is 202 g/mol. The normalized spacial score (nSPS) is 14.9. The third-order valence-electron chi connectivity index (χ3n) is 1.72. The van der Waals surface area contributed by atoms with Crippen molar-refractivity contribution in [2.24, 2.45) is 0 Å². The molecule has 0 amide bonds. The van der Waals surface area contributed by atoms with Gasteiger partial charge in [-0.25, -0.2) is 0 Å². The molecule has 3 heteroatoms. The Morgan fingerprint density at radius 3 is 2.14 bits per heavy atom. The average molecular weight is 202 g/mol. The number of hydrogen-bond donors (Lipinski definition) is 1. The lowest BCUT2D eigenvalue weighted by Crippen LogP contribution is -2.17. The highest BCUT2D eigenvalue weighted by Crippen LogP contribution is 2.10. The first-order chi connectivity index (χ1) is 6.60. The largest absolute Gasteiger partial charge is 0.389 e. The molecule has 0 rings (SSSR count). The van der Waals surface area contributed by atoms with Crippen LogP contribution in [0.2, 0.25) is 0 Å². The van der Waals surface area contributed by atoms with Crippen molar-refractivity contribution in [1.82, 2.24) is 0 Å². The molecule has 1 atom stereocenters.